The van der Waals surface area contributed by atoms with Crippen LogP contribution in [-0.4, -0.2) is 71.7 Å². The number of rotatable bonds is 18. The van der Waals surface area contributed by atoms with Gasteiger partial charge in [0, 0.05) is 38.7 Å². The third-order valence-electron chi connectivity index (χ3n) is 13.2. The Hall–Kier alpha value is -5.52. The van der Waals surface area contributed by atoms with Crippen molar-refractivity contribution in [1.29, 1.82) is 0 Å². The largest absolute Gasteiger partial charge is 0.426 e. The van der Waals surface area contributed by atoms with Gasteiger partial charge in [0.1, 0.15) is 23.6 Å². The molecule has 3 aromatic carbocycles. The molecule has 0 heterocycles. The topological polar surface area (TPSA) is 151 Å². The van der Waals surface area contributed by atoms with E-state index >= 15 is 0 Å². The highest BCUT2D eigenvalue weighted by molar-refractivity contribution is 6.11. The van der Waals surface area contributed by atoms with Crippen molar-refractivity contribution in [2.75, 3.05) is 18.0 Å². The fourth-order valence-corrected chi connectivity index (χ4v) is 9.91. The average molecular weight is 907 g/mol. The normalized spacial score (nSPS) is 16.6. The van der Waals surface area contributed by atoms with E-state index in [1.54, 1.807) is 53.4 Å². The fraction of sp³-hybridized carbons (Fsp3) is 0.556. The van der Waals surface area contributed by atoms with E-state index in [9.17, 15) is 28.8 Å². The summed E-state index contributed by atoms with van der Waals surface area (Å²) in [6.07, 6.45) is 19.3. The predicted molar refractivity (Wildman–Crippen MR) is 258 cm³/mol. The van der Waals surface area contributed by atoms with Crippen molar-refractivity contribution in [2.24, 2.45) is 11.8 Å². The van der Waals surface area contributed by atoms with E-state index in [1.165, 1.54) is 26.7 Å². The molecule has 0 aliphatic heterocycles. The zero-order valence-corrected chi connectivity index (χ0v) is 39.9. The van der Waals surface area contributed by atoms with Crippen LogP contribution in [0.15, 0.2) is 78.9 Å². The molecule has 358 valence electrons. The summed E-state index contributed by atoms with van der Waals surface area (Å²) in [6, 6.07) is 21.8. The molecule has 66 heavy (non-hydrogen) atoms. The first-order valence-corrected chi connectivity index (χ1v) is 24.9. The Labute approximate surface area is 392 Å². The van der Waals surface area contributed by atoms with E-state index in [0.29, 0.717) is 24.3 Å². The van der Waals surface area contributed by atoms with Crippen LogP contribution in [0.5, 0.6) is 11.5 Å². The standard InChI is InChI=1S/C27H40N2O4.C27H34N2O4/c2*1-3-4-19-28-26(31)25(21-13-7-5-8-14-21)29(22-15-9-6-10-16-22)27(32)23-17-11-12-18-24(23)33-20(2)30/h11-12,17-18,21-22,25H,3-10,13-16,19H2,1-2H3,(H,28,31);6,9-12,15-18,21,25H,3-5,7-8,13-14,19H2,1-2H3,(H,28,31). The van der Waals surface area contributed by atoms with Gasteiger partial charge in [0.15, 0.2) is 0 Å². The lowest BCUT2D eigenvalue weighted by Gasteiger charge is -2.43. The van der Waals surface area contributed by atoms with Crippen LogP contribution in [0.4, 0.5) is 5.69 Å². The molecule has 3 saturated carbocycles. The summed E-state index contributed by atoms with van der Waals surface area (Å²) in [6.45, 7) is 8.05. The third kappa shape index (κ3) is 14.7. The quantitative estimate of drug-likeness (QED) is 0.0727. The monoisotopic (exact) mass is 907 g/mol. The molecule has 0 saturated heterocycles. The maximum atomic E-state index is 14.1. The molecule has 2 atom stereocenters. The van der Waals surface area contributed by atoms with E-state index in [4.69, 9.17) is 9.47 Å². The van der Waals surface area contributed by atoms with Gasteiger partial charge in [0.05, 0.1) is 11.1 Å². The highest BCUT2D eigenvalue weighted by Crippen LogP contribution is 2.37. The lowest BCUT2D eigenvalue weighted by Crippen LogP contribution is -2.57. The summed E-state index contributed by atoms with van der Waals surface area (Å²) in [7, 11) is 0. The molecule has 0 aromatic heterocycles. The van der Waals surface area contributed by atoms with Crippen molar-refractivity contribution in [3.63, 3.8) is 0 Å². The van der Waals surface area contributed by atoms with Gasteiger partial charge in [-0.25, -0.2) is 0 Å². The first kappa shape index (κ1) is 51.5. The van der Waals surface area contributed by atoms with Gasteiger partial charge in [-0.15, -0.1) is 0 Å². The number of benzene rings is 3. The smallest absolute Gasteiger partial charge is 0.308 e. The van der Waals surface area contributed by atoms with E-state index in [2.05, 4.69) is 24.5 Å². The molecule has 12 nitrogen and oxygen atoms in total. The van der Waals surface area contributed by atoms with Crippen LogP contribution >= 0.6 is 0 Å². The first-order chi connectivity index (χ1) is 32.0. The minimum Gasteiger partial charge on any atom is -0.426 e. The highest BCUT2D eigenvalue weighted by atomic mass is 16.5. The summed E-state index contributed by atoms with van der Waals surface area (Å²) >= 11 is 0. The van der Waals surface area contributed by atoms with E-state index in [0.717, 1.165) is 109 Å². The number of carbonyl (C=O) groups excluding carboxylic acids is 6. The summed E-state index contributed by atoms with van der Waals surface area (Å²) in [5, 5.41) is 6.20. The number of nitrogens with zero attached hydrogens (tertiary/aromatic N) is 2. The van der Waals surface area contributed by atoms with E-state index in [1.807, 2.05) is 35.2 Å². The van der Waals surface area contributed by atoms with Crippen LogP contribution in [0.2, 0.25) is 0 Å². The van der Waals surface area contributed by atoms with Gasteiger partial charge in [-0.2, -0.15) is 0 Å². The maximum Gasteiger partial charge on any atom is 0.308 e. The van der Waals surface area contributed by atoms with Crippen LogP contribution in [0.25, 0.3) is 0 Å². The number of hydrogen-bond acceptors (Lipinski definition) is 8. The Morgan fingerprint density at radius 3 is 1.41 bits per heavy atom. The Morgan fingerprint density at radius 1 is 0.530 bits per heavy atom. The zero-order valence-electron chi connectivity index (χ0n) is 39.9. The number of carbonyl (C=O) groups is 6. The first-order valence-electron chi connectivity index (χ1n) is 24.9. The van der Waals surface area contributed by atoms with Gasteiger partial charge >= 0.3 is 11.9 Å². The van der Waals surface area contributed by atoms with Crippen LogP contribution in [-0.2, 0) is 19.2 Å². The number of nitrogens with one attached hydrogen (secondary N) is 2. The molecular weight excluding hydrogens is 833 g/mol. The molecule has 0 spiro atoms. The molecule has 3 aromatic rings. The van der Waals surface area contributed by atoms with Gasteiger partial charge in [-0.05, 0) is 99.6 Å². The molecule has 12 heteroatoms. The second-order valence-corrected chi connectivity index (χ2v) is 18.2. The maximum absolute atomic E-state index is 14.1. The number of unbranched alkanes of at least 4 members (excludes halogenated alkanes) is 2. The minimum atomic E-state index is -0.637. The number of para-hydroxylation sites is 3. The zero-order chi connectivity index (χ0) is 47.3. The Morgan fingerprint density at radius 2 is 0.939 bits per heavy atom. The molecule has 3 fully saturated rings. The number of ether oxygens (including phenoxy) is 2. The molecule has 2 unspecified atom stereocenters. The van der Waals surface area contributed by atoms with Gasteiger partial charge in [0.25, 0.3) is 11.8 Å². The van der Waals surface area contributed by atoms with Crippen molar-refractivity contribution < 1.29 is 38.2 Å². The number of esters is 2. The van der Waals surface area contributed by atoms with Crippen LogP contribution in [0.1, 0.15) is 170 Å². The van der Waals surface area contributed by atoms with Gasteiger partial charge in [0.2, 0.25) is 11.8 Å². The van der Waals surface area contributed by atoms with Gasteiger partial charge in [-0.3, -0.25) is 33.7 Å². The second-order valence-electron chi connectivity index (χ2n) is 18.2. The van der Waals surface area contributed by atoms with Crippen molar-refractivity contribution in [3.8, 4) is 11.5 Å². The molecule has 6 rings (SSSR count). The van der Waals surface area contributed by atoms with Gasteiger partial charge in [-0.1, -0.05) is 127 Å². The number of anilines is 1. The summed E-state index contributed by atoms with van der Waals surface area (Å²) in [4.78, 5) is 82.1. The molecule has 2 N–H and O–H groups in total. The lowest BCUT2D eigenvalue weighted by atomic mass is 9.81. The molecule has 4 amide bonds. The summed E-state index contributed by atoms with van der Waals surface area (Å²) < 4.78 is 10.7. The molecule has 0 radical (unpaired) electrons. The van der Waals surface area contributed by atoms with Crippen molar-refractivity contribution in [3.05, 3.63) is 90.0 Å². The van der Waals surface area contributed by atoms with Crippen molar-refractivity contribution in [2.45, 2.75) is 168 Å². The molecular formula is C54H74N4O8. The highest BCUT2D eigenvalue weighted by Gasteiger charge is 2.42. The Balaban J connectivity index is 0.000000247. The number of amides is 4. The predicted octanol–water partition coefficient (Wildman–Crippen LogP) is 10.4. The third-order valence-corrected chi connectivity index (χ3v) is 13.2. The second kappa shape index (κ2) is 27.2. The summed E-state index contributed by atoms with van der Waals surface area (Å²) in [5.74, 6) is -0.967. The SMILES string of the molecule is CCCCNC(=O)C(C1CCCCC1)N(C(=O)c1ccccc1OC(C)=O)C1CCCCC1.CCCCNC(=O)C(C1CCCCC1)N(C(=O)c1ccccc1OC(C)=O)c1ccccc1. The minimum absolute atomic E-state index is 0.0282. The number of hydrogen-bond donors (Lipinski definition) is 2. The van der Waals surface area contributed by atoms with Gasteiger partial charge < -0.3 is 25.0 Å². The Bertz CT molecular complexity index is 2020. The molecule has 3 aliphatic rings. The van der Waals surface area contributed by atoms with Crippen LogP contribution in [0.3, 0.4) is 0 Å². The molecule has 0 bridgehead atoms. The van der Waals surface area contributed by atoms with E-state index < -0.39 is 24.0 Å². The van der Waals surface area contributed by atoms with Crippen molar-refractivity contribution >= 4 is 41.3 Å². The lowest BCUT2D eigenvalue weighted by molar-refractivity contribution is -0.132. The summed E-state index contributed by atoms with van der Waals surface area (Å²) in [5.41, 5.74) is 1.28. The molecule has 3 aliphatic carbocycles. The van der Waals surface area contributed by atoms with Crippen LogP contribution < -0.4 is 25.0 Å². The van der Waals surface area contributed by atoms with Crippen LogP contribution in [0, 0.1) is 11.8 Å². The van der Waals surface area contributed by atoms with Crippen molar-refractivity contribution in [1.82, 2.24) is 15.5 Å². The average Bonchev–Trinajstić information content (AvgIpc) is 3.33. The fourth-order valence-electron chi connectivity index (χ4n) is 9.91. The Kier molecular flexibility index (Phi) is 21.2. The van der Waals surface area contributed by atoms with E-state index in [-0.39, 0.29) is 58.6 Å².